The molecule has 13 heteroatoms. The standard InChI is InChI=1S/C13H21N5O3.C5H4N4S/c1-15(2)7-6-8-21-12-14-10-9(16(12)3)11(19)18(5)13(20)17(10)4;10-5-3-4(7-1-6-3)8-2-9-5/h6-8H2,1-5H3;1-3H,(H,6,7,8,9,10). The highest BCUT2D eigenvalue weighted by atomic mass is 32.1. The molecule has 2 aliphatic rings. The second-order valence-electron chi connectivity index (χ2n) is 7.26. The first-order chi connectivity index (χ1) is 14.7. The molecule has 31 heavy (non-hydrogen) atoms. The lowest BCUT2D eigenvalue weighted by Crippen LogP contribution is -2.39. The molecule has 0 fully saturated rings. The van der Waals surface area contributed by atoms with Crippen LogP contribution in [0.3, 0.4) is 0 Å². The molecular formula is C18H25N9O3S. The van der Waals surface area contributed by atoms with Crippen molar-refractivity contribution in [3.05, 3.63) is 20.8 Å². The molecule has 2 aliphatic heterocycles. The molecule has 2 aromatic rings. The van der Waals surface area contributed by atoms with E-state index in [1.165, 1.54) is 24.3 Å². The quantitative estimate of drug-likeness (QED) is 0.463. The molecule has 0 radical (unpaired) electrons. The number of hydrogen-bond donors (Lipinski definition) is 1. The number of hydrogen-bond acceptors (Lipinski definition) is 9. The highest BCUT2D eigenvalue weighted by molar-refractivity contribution is 7.80. The van der Waals surface area contributed by atoms with E-state index in [2.05, 4.69) is 30.2 Å². The van der Waals surface area contributed by atoms with Gasteiger partial charge in [0, 0.05) is 27.7 Å². The lowest BCUT2D eigenvalue weighted by Gasteiger charge is -2.12. The van der Waals surface area contributed by atoms with Gasteiger partial charge in [-0.15, -0.1) is 0 Å². The van der Waals surface area contributed by atoms with Crippen molar-refractivity contribution >= 4 is 46.9 Å². The number of imidazole rings is 1. The molecule has 0 aromatic carbocycles. The van der Waals surface area contributed by atoms with E-state index in [9.17, 15) is 9.59 Å². The summed E-state index contributed by atoms with van der Waals surface area (Å²) in [6.07, 6.45) is 3.88. The Morgan fingerprint density at radius 3 is 2.61 bits per heavy atom. The molecular weight excluding hydrogens is 422 g/mol. The number of nitrogens with zero attached hydrogens (tertiary/aromatic N) is 8. The number of aromatic nitrogens is 4. The number of aryl methyl sites for hydroxylation is 2. The minimum Gasteiger partial charge on any atom is -0.465 e. The Labute approximate surface area is 183 Å². The number of amidine groups is 1. The fraction of sp³-hybridized carbons (Fsp3) is 0.500. The molecule has 1 atom stereocenters. The van der Waals surface area contributed by atoms with Crippen molar-refractivity contribution in [2.75, 3.05) is 27.2 Å². The van der Waals surface area contributed by atoms with Crippen LogP contribution in [0.2, 0.25) is 0 Å². The van der Waals surface area contributed by atoms with Crippen LogP contribution in [0.25, 0.3) is 11.2 Å². The predicted octanol–water partition coefficient (Wildman–Crippen LogP) is -0.944. The van der Waals surface area contributed by atoms with E-state index in [0.717, 1.165) is 23.4 Å². The van der Waals surface area contributed by atoms with Crippen LogP contribution in [-0.2, 0) is 21.1 Å². The van der Waals surface area contributed by atoms with Gasteiger partial charge in [-0.1, -0.05) is 12.2 Å². The van der Waals surface area contributed by atoms with Crippen LogP contribution in [-0.4, -0.2) is 80.4 Å². The molecule has 1 N–H and O–H groups in total. The van der Waals surface area contributed by atoms with Crippen LogP contribution in [0.5, 0.6) is 6.01 Å². The largest absolute Gasteiger partial charge is 0.465 e. The Bertz CT molecular complexity index is 1200. The van der Waals surface area contributed by atoms with E-state index in [1.807, 2.05) is 14.1 Å². The maximum absolute atomic E-state index is 12.2. The van der Waals surface area contributed by atoms with Gasteiger partial charge in [-0.25, -0.2) is 14.8 Å². The van der Waals surface area contributed by atoms with Crippen LogP contribution >= 0.6 is 12.2 Å². The average molecular weight is 448 g/mol. The van der Waals surface area contributed by atoms with Gasteiger partial charge in [-0.2, -0.15) is 4.98 Å². The zero-order valence-electron chi connectivity index (χ0n) is 18.1. The topological polar surface area (TPSA) is 123 Å². The lowest BCUT2D eigenvalue weighted by molar-refractivity contribution is 0.258. The van der Waals surface area contributed by atoms with Gasteiger partial charge in [0.2, 0.25) is 0 Å². The summed E-state index contributed by atoms with van der Waals surface area (Å²) in [5.74, 6) is 0.778. The van der Waals surface area contributed by atoms with Crippen molar-refractivity contribution in [2.24, 2.45) is 36.1 Å². The van der Waals surface area contributed by atoms with Crippen LogP contribution in [0.1, 0.15) is 6.42 Å². The Balaban J connectivity index is 0.000000225. The summed E-state index contributed by atoms with van der Waals surface area (Å²) in [7, 11) is 8.74. The van der Waals surface area contributed by atoms with E-state index in [-0.39, 0.29) is 11.6 Å². The number of fused-ring (bicyclic) bond motifs is 2. The third-order valence-electron chi connectivity index (χ3n) is 4.72. The average Bonchev–Trinajstić information content (AvgIpc) is 3.34. The minimum atomic E-state index is -0.398. The van der Waals surface area contributed by atoms with Crippen molar-refractivity contribution in [1.29, 1.82) is 0 Å². The molecule has 2 aromatic heterocycles. The predicted molar refractivity (Wildman–Crippen MR) is 124 cm³/mol. The first-order valence-corrected chi connectivity index (χ1v) is 9.95. The molecule has 0 amide bonds. The molecule has 166 valence electrons. The Kier molecular flexibility index (Phi) is 6.75. The molecule has 4 heterocycles. The van der Waals surface area contributed by atoms with Gasteiger partial charge in [0.1, 0.15) is 17.2 Å². The second kappa shape index (κ2) is 9.31. The number of thiocarbonyl (C=S) groups is 1. The molecule has 4 rings (SSSR count). The van der Waals surface area contributed by atoms with Crippen LogP contribution in [0, 0.1) is 0 Å². The van der Waals surface area contributed by atoms with Gasteiger partial charge < -0.3 is 15.0 Å². The smallest absolute Gasteiger partial charge is 0.332 e. The third-order valence-corrected chi connectivity index (χ3v) is 5.05. The highest BCUT2D eigenvalue weighted by Crippen LogP contribution is 2.15. The number of nitrogens with one attached hydrogen (secondary N) is 1. The summed E-state index contributed by atoms with van der Waals surface area (Å²) >= 11 is 4.91. The SMILES string of the molecule is CN(C)CCCOc1nc2c(c(=O)n(C)c(=O)n2C)n1C.S=C1N=CNC2=NC=NC12. The summed E-state index contributed by atoms with van der Waals surface area (Å²) in [4.78, 5) is 42.8. The van der Waals surface area contributed by atoms with Crippen LogP contribution in [0.15, 0.2) is 24.6 Å². The molecule has 0 aliphatic carbocycles. The van der Waals surface area contributed by atoms with E-state index in [0.29, 0.717) is 28.8 Å². The van der Waals surface area contributed by atoms with Gasteiger partial charge in [0.15, 0.2) is 17.2 Å². The maximum atomic E-state index is 12.2. The van der Waals surface area contributed by atoms with Crippen LogP contribution < -0.4 is 21.3 Å². The Morgan fingerprint density at radius 2 is 1.94 bits per heavy atom. The van der Waals surface area contributed by atoms with Gasteiger partial charge in [-0.3, -0.25) is 23.5 Å². The van der Waals surface area contributed by atoms with Crippen molar-refractivity contribution in [2.45, 2.75) is 12.5 Å². The summed E-state index contributed by atoms with van der Waals surface area (Å²) in [5, 5.41) is 2.86. The van der Waals surface area contributed by atoms with Crippen LogP contribution in [0.4, 0.5) is 0 Å². The summed E-state index contributed by atoms with van der Waals surface area (Å²) < 4.78 is 9.63. The molecule has 0 saturated carbocycles. The zero-order valence-corrected chi connectivity index (χ0v) is 18.9. The van der Waals surface area contributed by atoms with E-state index in [1.54, 1.807) is 18.7 Å². The van der Waals surface area contributed by atoms with Gasteiger partial charge in [-0.05, 0) is 20.5 Å². The monoisotopic (exact) mass is 447 g/mol. The highest BCUT2D eigenvalue weighted by Gasteiger charge is 2.24. The molecule has 12 nitrogen and oxygen atoms in total. The summed E-state index contributed by atoms with van der Waals surface area (Å²) in [6.45, 7) is 1.41. The first-order valence-electron chi connectivity index (χ1n) is 9.54. The van der Waals surface area contributed by atoms with Crippen molar-refractivity contribution in [3.63, 3.8) is 0 Å². The van der Waals surface area contributed by atoms with Crippen molar-refractivity contribution in [1.82, 2.24) is 28.9 Å². The first kappa shape index (κ1) is 22.5. The summed E-state index contributed by atoms with van der Waals surface area (Å²) in [5.41, 5.74) is -0.0635. The summed E-state index contributed by atoms with van der Waals surface area (Å²) in [6, 6.07) is 0.224. The van der Waals surface area contributed by atoms with E-state index >= 15 is 0 Å². The Hall–Kier alpha value is -3.19. The molecule has 1 unspecified atom stereocenters. The fourth-order valence-electron chi connectivity index (χ4n) is 3.00. The van der Waals surface area contributed by atoms with E-state index in [4.69, 9.17) is 17.0 Å². The zero-order chi connectivity index (χ0) is 22.7. The van der Waals surface area contributed by atoms with Crippen molar-refractivity contribution < 1.29 is 4.74 Å². The number of rotatable bonds is 5. The van der Waals surface area contributed by atoms with Crippen molar-refractivity contribution in [3.8, 4) is 6.01 Å². The third kappa shape index (κ3) is 4.61. The number of aliphatic imine (C=N–C) groups is 3. The van der Waals surface area contributed by atoms with Gasteiger partial charge in [0.25, 0.3) is 11.6 Å². The molecule has 0 spiro atoms. The molecule has 0 bridgehead atoms. The number of ether oxygens (including phenoxy) is 1. The van der Waals surface area contributed by atoms with Gasteiger partial charge in [0.05, 0.1) is 12.9 Å². The second-order valence-corrected chi connectivity index (χ2v) is 7.68. The normalized spacial score (nSPS) is 16.8. The van der Waals surface area contributed by atoms with Gasteiger partial charge >= 0.3 is 5.69 Å². The van der Waals surface area contributed by atoms with E-state index < -0.39 is 5.69 Å². The maximum Gasteiger partial charge on any atom is 0.332 e. The minimum absolute atomic E-state index is 0.125. The molecule has 0 saturated heterocycles. The lowest BCUT2D eigenvalue weighted by atomic mass is 10.3. The Morgan fingerprint density at radius 1 is 1.19 bits per heavy atom. The fourth-order valence-corrected chi connectivity index (χ4v) is 3.23.